The molecule has 1 amide bonds. The van der Waals surface area contributed by atoms with Crippen molar-refractivity contribution >= 4 is 5.91 Å². The first-order valence-electron chi connectivity index (χ1n) is 5.09. The van der Waals surface area contributed by atoms with Crippen molar-refractivity contribution in [1.82, 2.24) is 4.90 Å². The molecule has 2 heteroatoms. The van der Waals surface area contributed by atoms with Crippen LogP contribution >= 0.6 is 0 Å². The summed E-state index contributed by atoms with van der Waals surface area (Å²) in [4.78, 5) is 14.0. The zero-order valence-corrected chi connectivity index (χ0v) is 9.59. The molecule has 1 aliphatic rings. The maximum atomic E-state index is 11.9. The summed E-state index contributed by atoms with van der Waals surface area (Å²) in [5.41, 5.74) is -0.233. The molecule has 1 saturated heterocycles. The van der Waals surface area contributed by atoms with E-state index in [1.54, 1.807) is 0 Å². The van der Waals surface area contributed by atoms with Gasteiger partial charge in [-0.25, -0.2) is 0 Å². The SMILES string of the molecule is CC1C(C)N(C(=O)C(C)(C)C)C1C. The van der Waals surface area contributed by atoms with Gasteiger partial charge in [0.05, 0.1) is 0 Å². The van der Waals surface area contributed by atoms with Crippen LogP contribution in [0, 0.1) is 11.3 Å². The number of nitrogens with zero attached hydrogens (tertiary/aromatic N) is 1. The number of carbonyl (C=O) groups excluding carboxylic acids is 1. The molecule has 0 spiro atoms. The maximum Gasteiger partial charge on any atom is 0.228 e. The minimum Gasteiger partial charge on any atom is -0.336 e. The summed E-state index contributed by atoms with van der Waals surface area (Å²) < 4.78 is 0. The highest BCUT2D eigenvalue weighted by molar-refractivity contribution is 5.83. The Morgan fingerprint density at radius 1 is 1.08 bits per heavy atom. The highest BCUT2D eigenvalue weighted by Crippen LogP contribution is 2.35. The molecule has 0 aliphatic carbocycles. The molecule has 0 N–H and O–H groups in total. The van der Waals surface area contributed by atoms with Gasteiger partial charge in [0.25, 0.3) is 0 Å². The van der Waals surface area contributed by atoms with Crippen molar-refractivity contribution in [3.05, 3.63) is 0 Å². The minimum absolute atomic E-state index is 0.233. The van der Waals surface area contributed by atoms with E-state index in [1.807, 2.05) is 25.7 Å². The van der Waals surface area contributed by atoms with Crippen molar-refractivity contribution in [3.8, 4) is 0 Å². The molecular weight excluding hydrogens is 162 g/mol. The standard InChI is InChI=1S/C11H21NO/c1-7-8(2)12(9(7)3)10(13)11(4,5)6/h7-9H,1-6H3. The fourth-order valence-electron chi connectivity index (χ4n) is 1.94. The van der Waals surface area contributed by atoms with E-state index in [9.17, 15) is 4.79 Å². The largest absolute Gasteiger partial charge is 0.336 e. The molecule has 1 aliphatic heterocycles. The van der Waals surface area contributed by atoms with Crippen molar-refractivity contribution in [2.45, 2.75) is 53.6 Å². The van der Waals surface area contributed by atoms with Gasteiger partial charge >= 0.3 is 0 Å². The molecule has 2 nitrogen and oxygen atoms in total. The highest BCUT2D eigenvalue weighted by atomic mass is 16.2. The van der Waals surface area contributed by atoms with Crippen LogP contribution in [-0.4, -0.2) is 22.9 Å². The lowest BCUT2D eigenvalue weighted by molar-refractivity contribution is -0.158. The zero-order valence-electron chi connectivity index (χ0n) is 9.59. The molecule has 1 heterocycles. The third kappa shape index (κ3) is 1.59. The van der Waals surface area contributed by atoms with Gasteiger partial charge in [-0.15, -0.1) is 0 Å². The molecule has 0 radical (unpaired) electrons. The van der Waals surface area contributed by atoms with Crippen LogP contribution in [0.15, 0.2) is 0 Å². The van der Waals surface area contributed by atoms with Gasteiger partial charge in [0.15, 0.2) is 0 Å². The minimum atomic E-state index is -0.233. The first kappa shape index (κ1) is 10.6. The number of likely N-dealkylation sites (tertiary alicyclic amines) is 1. The van der Waals surface area contributed by atoms with E-state index in [2.05, 4.69) is 20.8 Å². The van der Waals surface area contributed by atoms with E-state index in [4.69, 9.17) is 0 Å². The van der Waals surface area contributed by atoms with Gasteiger partial charge in [-0.05, 0) is 19.8 Å². The van der Waals surface area contributed by atoms with Crippen LogP contribution in [0.25, 0.3) is 0 Å². The molecule has 0 aromatic heterocycles. The highest BCUT2D eigenvalue weighted by Gasteiger charge is 2.45. The molecule has 1 rings (SSSR count). The topological polar surface area (TPSA) is 20.3 Å². The quantitative estimate of drug-likeness (QED) is 0.564. The van der Waals surface area contributed by atoms with E-state index in [1.165, 1.54) is 0 Å². The fraction of sp³-hybridized carbons (Fsp3) is 0.909. The first-order valence-corrected chi connectivity index (χ1v) is 5.09. The lowest BCUT2D eigenvalue weighted by Crippen LogP contribution is -2.64. The molecule has 0 bridgehead atoms. The normalized spacial score (nSPS) is 34.3. The summed E-state index contributed by atoms with van der Waals surface area (Å²) in [5, 5.41) is 0. The Labute approximate surface area is 81.3 Å². The molecule has 0 saturated carbocycles. The summed E-state index contributed by atoms with van der Waals surface area (Å²) in [6, 6.07) is 0.837. The van der Waals surface area contributed by atoms with Crippen molar-refractivity contribution in [2.24, 2.45) is 11.3 Å². The Kier molecular flexibility index (Phi) is 2.44. The Balaban J connectivity index is 2.70. The third-order valence-electron chi connectivity index (χ3n) is 3.28. The predicted molar refractivity (Wildman–Crippen MR) is 54.4 cm³/mol. The summed E-state index contributed by atoms with van der Waals surface area (Å²) in [7, 11) is 0. The zero-order chi connectivity index (χ0) is 10.4. The first-order chi connectivity index (χ1) is 5.76. The van der Waals surface area contributed by atoms with E-state index in [0.29, 0.717) is 18.0 Å². The molecule has 2 atom stereocenters. The summed E-state index contributed by atoms with van der Waals surface area (Å²) in [5.74, 6) is 0.928. The number of hydrogen-bond acceptors (Lipinski definition) is 1. The van der Waals surface area contributed by atoms with Gasteiger partial charge in [0.1, 0.15) is 0 Å². The molecular formula is C11H21NO. The van der Waals surface area contributed by atoms with Crippen molar-refractivity contribution in [1.29, 1.82) is 0 Å². The van der Waals surface area contributed by atoms with Crippen LogP contribution in [0.3, 0.4) is 0 Å². The Bertz CT molecular complexity index is 207. The van der Waals surface area contributed by atoms with Crippen LogP contribution in [0.4, 0.5) is 0 Å². The van der Waals surface area contributed by atoms with E-state index >= 15 is 0 Å². The second-order valence-corrected chi connectivity index (χ2v) is 5.30. The van der Waals surface area contributed by atoms with Crippen LogP contribution in [0.1, 0.15) is 41.5 Å². The van der Waals surface area contributed by atoms with E-state index in [0.717, 1.165) is 0 Å². The van der Waals surface area contributed by atoms with Gasteiger partial charge in [-0.1, -0.05) is 27.7 Å². The summed E-state index contributed by atoms with van der Waals surface area (Å²) in [6.45, 7) is 12.4. The third-order valence-corrected chi connectivity index (χ3v) is 3.28. The second kappa shape index (κ2) is 3.00. The van der Waals surface area contributed by atoms with Gasteiger partial charge in [0, 0.05) is 17.5 Å². The Morgan fingerprint density at radius 3 is 1.77 bits per heavy atom. The predicted octanol–water partition coefficient (Wildman–Crippen LogP) is 2.29. The molecule has 2 unspecified atom stereocenters. The van der Waals surface area contributed by atoms with Crippen LogP contribution < -0.4 is 0 Å². The van der Waals surface area contributed by atoms with Crippen molar-refractivity contribution < 1.29 is 4.79 Å². The van der Waals surface area contributed by atoms with Gasteiger partial charge in [-0.3, -0.25) is 4.79 Å². The lowest BCUT2D eigenvalue weighted by atomic mass is 9.80. The van der Waals surface area contributed by atoms with E-state index < -0.39 is 0 Å². The average Bonchev–Trinajstić information content (AvgIpc) is 2.02. The molecule has 0 aromatic carbocycles. The number of rotatable bonds is 0. The molecule has 76 valence electrons. The van der Waals surface area contributed by atoms with Gasteiger partial charge in [0.2, 0.25) is 5.91 Å². The van der Waals surface area contributed by atoms with Gasteiger partial charge in [-0.2, -0.15) is 0 Å². The smallest absolute Gasteiger partial charge is 0.228 e. The summed E-state index contributed by atoms with van der Waals surface area (Å²) >= 11 is 0. The Hall–Kier alpha value is -0.530. The second-order valence-electron chi connectivity index (χ2n) is 5.30. The van der Waals surface area contributed by atoms with Crippen molar-refractivity contribution in [3.63, 3.8) is 0 Å². The van der Waals surface area contributed by atoms with Crippen molar-refractivity contribution in [2.75, 3.05) is 0 Å². The molecule has 1 fully saturated rings. The van der Waals surface area contributed by atoms with E-state index in [-0.39, 0.29) is 11.3 Å². The number of hydrogen-bond donors (Lipinski definition) is 0. The number of amides is 1. The number of carbonyl (C=O) groups is 1. The van der Waals surface area contributed by atoms with Crippen LogP contribution in [-0.2, 0) is 4.79 Å². The molecule has 0 aromatic rings. The fourth-order valence-corrected chi connectivity index (χ4v) is 1.94. The Morgan fingerprint density at radius 2 is 1.46 bits per heavy atom. The van der Waals surface area contributed by atoms with Gasteiger partial charge < -0.3 is 4.90 Å². The molecule has 13 heavy (non-hydrogen) atoms. The van der Waals surface area contributed by atoms with Crippen LogP contribution in [0.5, 0.6) is 0 Å². The van der Waals surface area contributed by atoms with Crippen LogP contribution in [0.2, 0.25) is 0 Å². The maximum absolute atomic E-state index is 11.9. The summed E-state index contributed by atoms with van der Waals surface area (Å²) in [6.07, 6.45) is 0. The lowest BCUT2D eigenvalue weighted by Gasteiger charge is -2.53. The average molecular weight is 183 g/mol. The monoisotopic (exact) mass is 183 g/mol.